The lowest BCUT2D eigenvalue weighted by atomic mass is 10.0. The lowest BCUT2D eigenvalue weighted by molar-refractivity contribution is 0.816. The van der Waals surface area contributed by atoms with E-state index < -0.39 is 0 Å². The van der Waals surface area contributed by atoms with Crippen LogP contribution < -0.4 is 4.90 Å². The molecule has 3 aromatic rings. The first-order valence-corrected chi connectivity index (χ1v) is 14.2. The number of anilines is 1. The third-order valence-corrected chi connectivity index (χ3v) is 5.88. The van der Waals surface area contributed by atoms with E-state index in [0.29, 0.717) is 0 Å². The molecular weight excluding hydrogens is 486 g/mol. The summed E-state index contributed by atoms with van der Waals surface area (Å²) < 4.78 is 0. The van der Waals surface area contributed by atoms with E-state index in [-0.39, 0.29) is 5.48 Å². The van der Waals surface area contributed by atoms with Crippen LogP contribution in [0.2, 0.25) is 0 Å². The number of terminal acetylenes is 1. The zero-order chi connectivity index (χ0) is 28.6. The highest BCUT2D eigenvalue weighted by atomic mass is 16.0. The Kier molecular flexibility index (Phi) is 21.7. The third-order valence-electron chi connectivity index (χ3n) is 5.88. The molecule has 211 valence electrons. The molecule has 0 amide bonds. The van der Waals surface area contributed by atoms with Crippen LogP contribution in [0, 0.1) is 31.1 Å². The van der Waals surface area contributed by atoms with Crippen LogP contribution in [-0.4, -0.2) is 18.6 Å². The summed E-state index contributed by atoms with van der Waals surface area (Å²) in [5, 5.41) is 0. The Labute approximate surface area is 245 Å². The van der Waals surface area contributed by atoms with Crippen LogP contribution in [0.4, 0.5) is 5.69 Å². The van der Waals surface area contributed by atoms with E-state index in [0.717, 1.165) is 32.4 Å². The molecule has 0 aromatic heterocycles. The molecule has 1 aliphatic heterocycles. The van der Waals surface area contributed by atoms with E-state index in [1.165, 1.54) is 40.8 Å². The van der Waals surface area contributed by atoms with Crippen molar-refractivity contribution < 1.29 is 5.48 Å². The highest BCUT2D eigenvalue weighted by Gasteiger charge is 2.09. The van der Waals surface area contributed by atoms with Gasteiger partial charge < -0.3 is 10.4 Å². The first kappa shape index (κ1) is 36.0. The monoisotopic (exact) mass is 534 g/mol. The molecule has 1 heterocycles. The van der Waals surface area contributed by atoms with Gasteiger partial charge in [0.25, 0.3) is 0 Å². The number of nitrogens with zero attached hydrogens (tertiary/aromatic N) is 1. The van der Waals surface area contributed by atoms with E-state index in [2.05, 4.69) is 147 Å². The van der Waals surface area contributed by atoms with Gasteiger partial charge in [-0.25, -0.2) is 0 Å². The molecule has 2 nitrogen and oxygen atoms in total. The quantitative estimate of drug-likeness (QED) is 0.307. The summed E-state index contributed by atoms with van der Waals surface area (Å²) >= 11 is 0. The second-order valence-electron chi connectivity index (χ2n) is 8.65. The fourth-order valence-electron chi connectivity index (χ4n) is 3.78. The molecule has 1 aliphatic carbocycles. The number of allylic oxidation sites excluding steroid dienone is 4. The molecule has 2 heteroatoms. The summed E-state index contributed by atoms with van der Waals surface area (Å²) in [5.41, 5.74) is 6.69. The molecule has 2 aliphatic rings. The van der Waals surface area contributed by atoms with Crippen LogP contribution in [0.5, 0.6) is 0 Å². The van der Waals surface area contributed by atoms with Crippen molar-refractivity contribution in [3.8, 4) is 24.2 Å². The highest BCUT2D eigenvalue weighted by molar-refractivity contribution is 5.89. The Bertz CT molecular complexity index is 1160. The zero-order valence-electron chi connectivity index (χ0n) is 25.0. The molecule has 2 N–H and O–H groups in total. The molecule has 0 saturated carbocycles. The maximum atomic E-state index is 4.49. The van der Waals surface area contributed by atoms with Crippen molar-refractivity contribution in [3.63, 3.8) is 0 Å². The summed E-state index contributed by atoms with van der Waals surface area (Å²) in [4.78, 5) is 2.38. The zero-order valence-corrected chi connectivity index (χ0v) is 25.0. The van der Waals surface area contributed by atoms with Crippen LogP contribution in [0.1, 0.15) is 70.9 Å². The van der Waals surface area contributed by atoms with Gasteiger partial charge in [-0.15, -0.1) is 24.2 Å². The number of hydrogen-bond donors (Lipinski definition) is 0. The largest absolute Gasteiger partial charge is 0.412 e. The normalized spacial score (nSPS) is 12.3. The molecule has 0 bridgehead atoms. The Balaban J connectivity index is 0.000000588. The van der Waals surface area contributed by atoms with Crippen molar-refractivity contribution in [3.05, 3.63) is 121 Å². The Hall–Kier alpha value is -3.98. The minimum Gasteiger partial charge on any atom is -0.412 e. The molecule has 1 radical (unpaired) electrons. The number of unbranched alkanes of at least 4 members (excludes halogenated alkanes) is 1. The lowest BCUT2D eigenvalue weighted by Gasteiger charge is -2.21. The molecule has 40 heavy (non-hydrogen) atoms. The fraction of sp³-hybridized carbons (Fsp3) is 0.289. The van der Waals surface area contributed by atoms with Gasteiger partial charge in [-0.1, -0.05) is 132 Å². The topological polar surface area (TPSA) is 34.7 Å². The van der Waals surface area contributed by atoms with Crippen molar-refractivity contribution >= 4 is 16.8 Å². The van der Waals surface area contributed by atoms with Gasteiger partial charge in [-0.05, 0) is 40.8 Å². The smallest absolute Gasteiger partial charge is 0.0366 e. The second kappa shape index (κ2) is 24.1. The van der Waals surface area contributed by atoms with Gasteiger partial charge in [-0.3, -0.25) is 0 Å². The van der Waals surface area contributed by atoms with Crippen molar-refractivity contribution in [2.75, 3.05) is 18.0 Å². The molecule has 0 atom stereocenters. The van der Waals surface area contributed by atoms with E-state index in [4.69, 9.17) is 0 Å². The van der Waals surface area contributed by atoms with E-state index in [1.807, 2.05) is 19.8 Å². The molecule has 3 aromatic carbocycles. The first-order chi connectivity index (χ1) is 19.2. The van der Waals surface area contributed by atoms with Crippen molar-refractivity contribution in [2.24, 2.45) is 0 Å². The summed E-state index contributed by atoms with van der Waals surface area (Å²) in [7, 11) is 0. The molecule has 0 unspecified atom stereocenters. The molecule has 0 saturated heterocycles. The maximum Gasteiger partial charge on any atom is 0.0366 e. The van der Waals surface area contributed by atoms with Crippen LogP contribution in [0.3, 0.4) is 0 Å². The van der Waals surface area contributed by atoms with Crippen LogP contribution in [0.15, 0.2) is 103 Å². The molecule has 0 spiro atoms. The summed E-state index contributed by atoms with van der Waals surface area (Å²) in [6.07, 6.45) is 14.8. The van der Waals surface area contributed by atoms with E-state index in [9.17, 15) is 0 Å². The number of para-hydroxylation sites is 1. The molecular formula is C38H48NO. The molecule has 0 fully saturated rings. The van der Waals surface area contributed by atoms with Gasteiger partial charge in [0.1, 0.15) is 0 Å². The van der Waals surface area contributed by atoms with Crippen molar-refractivity contribution in [1.29, 1.82) is 0 Å². The number of hydrogen-bond acceptors (Lipinski definition) is 1. The van der Waals surface area contributed by atoms with Crippen LogP contribution in [-0.2, 0) is 0 Å². The predicted molar refractivity (Wildman–Crippen MR) is 179 cm³/mol. The van der Waals surface area contributed by atoms with Gasteiger partial charge in [0, 0.05) is 38.5 Å². The van der Waals surface area contributed by atoms with E-state index >= 15 is 0 Å². The van der Waals surface area contributed by atoms with Gasteiger partial charge in [0.05, 0.1) is 0 Å². The Morgan fingerprint density at radius 2 is 1.18 bits per heavy atom. The first-order valence-electron chi connectivity index (χ1n) is 14.2. The Morgan fingerprint density at radius 3 is 1.62 bits per heavy atom. The van der Waals surface area contributed by atoms with Crippen LogP contribution in [0.25, 0.3) is 11.1 Å². The SMILES string of the molecule is C#C[CH2].C1#CCCN(c2ccccc2)CC1.C1=C(c2ccccc2)C=C(c2ccccc2)C1.CC.CCCC.O. The van der Waals surface area contributed by atoms with Gasteiger partial charge in [0.15, 0.2) is 0 Å². The fourth-order valence-corrected chi connectivity index (χ4v) is 3.78. The van der Waals surface area contributed by atoms with Gasteiger partial charge >= 0.3 is 0 Å². The van der Waals surface area contributed by atoms with Crippen molar-refractivity contribution in [1.82, 2.24) is 0 Å². The Morgan fingerprint density at radius 1 is 0.750 bits per heavy atom. The van der Waals surface area contributed by atoms with E-state index in [1.54, 1.807) is 0 Å². The number of benzene rings is 3. The van der Waals surface area contributed by atoms with Gasteiger partial charge in [0.2, 0.25) is 0 Å². The second-order valence-corrected chi connectivity index (χ2v) is 8.65. The van der Waals surface area contributed by atoms with Crippen LogP contribution >= 0.6 is 0 Å². The third kappa shape index (κ3) is 14.2. The number of rotatable bonds is 4. The minimum atomic E-state index is 0. The summed E-state index contributed by atoms with van der Waals surface area (Å²) in [5.74, 6) is 8.31. The van der Waals surface area contributed by atoms with Gasteiger partial charge in [-0.2, -0.15) is 0 Å². The average Bonchev–Trinajstić information content (AvgIpc) is 3.36. The minimum absolute atomic E-state index is 0. The summed E-state index contributed by atoms with van der Waals surface area (Å²) in [6.45, 7) is 13.5. The summed E-state index contributed by atoms with van der Waals surface area (Å²) in [6, 6.07) is 31.7. The molecule has 5 rings (SSSR count). The predicted octanol–water partition coefficient (Wildman–Crippen LogP) is 9.31. The highest BCUT2D eigenvalue weighted by Crippen LogP contribution is 2.31. The average molecular weight is 535 g/mol. The standard InChI is InChI=1S/C17H14.C12H13N.C4H10.C3H3.C2H6.H2O/c1-3-7-14(8-4-1)16-11-12-17(13-16)15-9-5-2-6-10-15;1-2-7-11-13(10-6-1)12-8-4-3-5-9-12;1-3-4-2;1-3-2;1-2;/h1-11,13H,12H2;3-5,8-9H,6-7,10-11H2;3-4H2,1-2H3;1H,2H2;1-2H3;1H2. The maximum absolute atomic E-state index is 4.49. The van der Waals surface area contributed by atoms with Crippen molar-refractivity contribution in [2.45, 2.75) is 59.8 Å². The lowest BCUT2D eigenvalue weighted by Crippen LogP contribution is -2.23.